The average molecular weight is 572 g/mol. The Bertz CT molecular complexity index is 1520. The summed E-state index contributed by atoms with van der Waals surface area (Å²) in [5.41, 5.74) is 10.1. The van der Waals surface area contributed by atoms with Crippen LogP contribution in [0.2, 0.25) is 5.02 Å². The molecule has 3 aromatic rings. The SMILES string of the molecule is CC1=C(CCN(C)C(=O)Cc2cn(-c3ccc(Cl)cc3)c(-c3cnc(NC4CC5C=CC=CC5(C)C4)nc3)n2)N[NH2+]1. The molecule has 9 nitrogen and oxygen atoms in total. The third-order valence-electron chi connectivity index (χ3n) is 8.50. The normalized spacial score (nSPS) is 22.7. The molecule has 2 aromatic heterocycles. The minimum atomic E-state index is 0.0187. The predicted molar refractivity (Wildman–Crippen MR) is 160 cm³/mol. The van der Waals surface area contributed by atoms with Crippen molar-refractivity contribution in [1.29, 1.82) is 0 Å². The maximum Gasteiger partial charge on any atom is 0.228 e. The summed E-state index contributed by atoms with van der Waals surface area (Å²) in [6.45, 7) is 5.04. The van der Waals surface area contributed by atoms with Gasteiger partial charge < -0.3 is 10.2 Å². The number of nitrogens with zero attached hydrogens (tertiary/aromatic N) is 5. The monoisotopic (exact) mass is 571 g/mol. The van der Waals surface area contributed by atoms with Crippen molar-refractivity contribution in [2.45, 2.75) is 45.6 Å². The Kier molecular flexibility index (Phi) is 7.40. The van der Waals surface area contributed by atoms with E-state index in [1.54, 1.807) is 17.3 Å². The van der Waals surface area contributed by atoms with Crippen LogP contribution in [-0.4, -0.2) is 50.0 Å². The Morgan fingerprint density at radius 2 is 2.02 bits per heavy atom. The third kappa shape index (κ3) is 5.78. The number of carbonyl (C=O) groups is 1. The minimum Gasteiger partial charge on any atom is -0.351 e. The second kappa shape index (κ2) is 11.1. The molecule has 0 bridgehead atoms. The number of nitrogens with two attached hydrogens (primary N) is 1. The lowest BCUT2D eigenvalue weighted by Crippen LogP contribution is -2.97. The number of imidazole rings is 1. The number of hydrogen-bond acceptors (Lipinski definition) is 6. The number of halogens is 1. The number of anilines is 1. The molecule has 0 radical (unpaired) electrons. The zero-order chi connectivity index (χ0) is 28.6. The van der Waals surface area contributed by atoms with Crippen molar-refractivity contribution in [1.82, 2.24) is 29.8 Å². The number of allylic oxidation sites excluding steroid dienone is 5. The summed E-state index contributed by atoms with van der Waals surface area (Å²) in [6.07, 6.45) is 17.5. The van der Waals surface area contributed by atoms with Crippen LogP contribution in [0.15, 0.2) is 78.6 Å². The van der Waals surface area contributed by atoms with Gasteiger partial charge in [0.05, 0.1) is 17.7 Å². The summed E-state index contributed by atoms with van der Waals surface area (Å²) >= 11 is 6.16. The van der Waals surface area contributed by atoms with E-state index in [0.717, 1.165) is 30.5 Å². The van der Waals surface area contributed by atoms with E-state index in [1.807, 2.05) is 47.5 Å². The molecule has 1 aromatic carbocycles. The zero-order valence-electron chi connectivity index (χ0n) is 23.6. The zero-order valence-corrected chi connectivity index (χ0v) is 24.4. The lowest BCUT2D eigenvalue weighted by Gasteiger charge is -2.27. The van der Waals surface area contributed by atoms with Gasteiger partial charge in [-0.3, -0.25) is 9.36 Å². The van der Waals surface area contributed by atoms with Gasteiger partial charge in [0.2, 0.25) is 11.9 Å². The molecule has 2 aliphatic carbocycles. The van der Waals surface area contributed by atoms with Gasteiger partial charge in [0.1, 0.15) is 11.5 Å². The minimum absolute atomic E-state index is 0.0187. The Morgan fingerprint density at radius 3 is 2.71 bits per heavy atom. The highest BCUT2D eigenvalue weighted by atomic mass is 35.5. The summed E-state index contributed by atoms with van der Waals surface area (Å²) in [5, 5.41) is 4.19. The van der Waals surface area contributed by atoms with Crippen molar-refractivity contribution in [3.8, 4) is 17.1 Å². The van der Waals surface area contributed by atoms with Crippen molar-refractivity contribution in [3.63, 3.8) is 0 Å². The van der Waals surface area contributed by atoms with Gasteiger partial charge in [-0.25, -0.2) is 25.8 Å². The molecule has 3 heterocycles. The van der Waals surface area contributed by atoms with Gasteiger partial charge in [-0.2, -0.15) is 0 Å². The lowest BCUT2D eigenvalue weighted by molar-refractivity contribution is -0.689. The van der Waals surface area contributed by atoms with E-state index >= 15 is 0 Å². The molecule has 1 fully saturated rings. The van der Waals surface area contributed by atoms with E-state index < -0.39 is 0 Å². The Labute approximate surface area is 245 Å². The fourth-order valence-corrected chi connectivity index (χ4v) is 6.04. The highest BCUT2D eigenvalue weighted by Crippen LogP contribution is 2.47. The van der Waals surface area contributed by atoms with Crippen LogP contribution < -0.4 is 16.2 Å². The van der Waals surface area contributed by atoms with E-state index in [2.05, 4.69) is 58.9 Å². The summed E-state index contributed by atoms with van der Waals surface area (Å²) in [7, 11) is 1.84. The highest BCUT2D eigenvalue weighted by molar-refractivity contribution is 6.30. The molecule has 4 N–H and O–H groups in total. The molecule has 3 atom stereocenters. The Balaban J connectivity index is 1.19. The lowest BCUT2D eigenvalue weighted by atomic mass is 9.77. The van der Waals surface area contributed by atoms with Crippen molar-refractivity contribution in [2.24, 2.45) is 11.3 Å². The molecule has 3 unspecified atom stereocenters. The molecule has 1 saturated carbocycles. The van der Waals surface area contributed by atoms with Gasteiger partial charge in [0.15, 0.2) is 5.70 Å². The number of nitrogens with one attached hydrogen (secondary N) is 2. The Hall–Kier alpha value is -3.95. The molecule has 0 saturated heterocycles. The summed E-state index contributed by atoms with van der Waals surface area (Å²) in [6, 6.07) is 7.87. The molecular weight excluding hydrogens is 536 g/mol. The van der Waals surface area contributed by atoms with Gasteiger partial charge in [-0.05, 0) is 48.4 Å². The molecule has 6 rings (SSSR count). The van der Waals surface area contributed by atoms with Crippen LogP contribution in [-0.2, 0) is 11.2 Å². The smallest absolute Gasteiger partial charge is 0.228 e. The molecule has 10 heteroatoms. The molecule has 3 aliphatic rings. The van der Waals surface area contributed by atoms with Gasteiger partial charge in [-0.15, -0.1) is 0 Å². The first-order valence-electron chi connectivity index (χ1n) is 14.1. The maximum atomic E-state index is 13.1. The highest BCUT2D eigenvalue weighted by Gasteiger charge is 2.41. The third-order valence-corrected chi connectivity index (χ3v) is 8.75. The van der Waals surface area contributed by atoms with Crippen LogP contribution >= 0.6 is 11.6 Å². The molecule has 212 valence electrons. The van der Waals surface area contributed by atoms with Crippen LogP contribution in [0.25, 0.3) is 17.1 Å². The number of amides is 1. The van der Waals surface area contributed by atoms with Crippen LogP contribution in [0, 0.1) is 11.3 Å². The predicted octanol–water partition coefficient (Wildman–Crippen LogP) is 4.01. The number of rotatable bonds is 9. The van der Waals surface area contributed by atoms with E-state index in [-0.39, 0.29) is 17.7 Å². The number of benzene rings is 1. The number of fused-ring (bicyclic) bond motifs is 1. The first-order valence-corrected chi connectivity index (χ1v) is 14.5. The first-order chi connectivity index (χ1) is 19.8. The van der Waals surface area contributed by atoms with E-state index in [1.165, 1.54) is 11.4 Å². The van der Waals surface area contributed by atoms with E-state index in [0.29, 0.717) is 41.0 Å². The van der Waals surface area contributed by atoms with Crippen LogP contribution in [0.1, 0.15) is 38.8 Å². The first kappa shape index (κ1) is 27.2. The van der Waals surface area contributed by atoms with Gasteiger partial charge >= 0.3 is 0 Å². The number of hydrogen-bond donors (Lipinski definition) is 3. The van der Waals surface area contributed by atoms with Crippen molar-refractivity contribution in [2.75, 3.05) is 18.9 Å². The van der Waals surface area contributed by atoms with E-state index in [4.69, 9.17) is 16.6 Å². The number of likely N-dealkylation sites (N-methyl/N-ethyl adjacent to an activating group) is 1. The number of quaternary nitrogens is 1. The summed E-state index contributed by atoms with van der Waals surface area (Å²) in [4.78, 5) is 29.0. The van der Waals surface area contributed by atoms with Crippen molar-refractivity contribution < 1.29 is 10.2 Å². The fraction of sp³-hybridized carbons (Fsp3) is 0.355. The average Bonchev–Trinajstić information content (AvgIpc) is 3.53. The number of carbonyl (C=O) groups excluding carboxylic acids is 1. The standard InChI is InChI=1S/C31H35ClN8O/c1-20-27(38-37-20)11-13-39(3)28(41)15-25-19-40(26-9-7-23(32)8-10-26)29(35-25)21-17-33-30(34-18-21)36-24-14-22-6-4-5-12-31(22,2)16-24/h4-10,12,17-19,22,24,37-38H,11,13-16H2,1-3H3,(H,33,34,36)/p+1. The molecule has 0 spiro atoms. The van der Waals surface area contributed by atoms with Gasteiger partial charge in [-0.1, -0.05) is 42.8 Å². The topological polar surface area (TPSA) is 105 Å². The molecule has 1 amide bonds. The fourth-order valence-electron chi connectivity index (χ4n) is 5.91. The Morgan fingerprint density at radius 1 is 1.24 bits per heavy atom. The molecule has 41 heavy (non-hydrogen) atoms. The maximum absolute atomic E-state index is 13.1. The molecule has 1 aliphatic heterocycles. The number of aromatic nitrogens is 4. The van der Waals surface area contributed by atoms with Crippen LogP contribution in [0.5, 0.6) is 0 Å². The summed E-state index contributed by atoms with van der Waals surface area (Å²) in [5.74, 6) is 1.84. The summed E-state index contributed by atoms with van der Waals surface area (Å²) < 4.78 is 1.97. The quantitative estimate of drug-likeness (QED) is 0.335. The van der Waals surface area contributed by atoms with Gasteiger partial charge in [0.25, 0.3) is 0 Å². The second-order valence-electron chi connectivity index (χ2n) is 11.5. The van der Waals surface area contributed by atoms with Crippen molar-refractivity contribution >= 4 is 23.5 Å². The van der Waals surface area contributed by atoms with Crippen molar-refractivity contribution in [3.05, 3.63) is 89.3 Å². The van der Waals surface area contributed by atoms with Crippen LogP contribution in [0.3, 0.4) is 0 Å². The largest absolute Gasteiger partial charge is 0.351 e. The second-order valence-corrected chi connectivity index (χ2v) is 12.0. The molecular formula is C31H36ClN8O+. The van der Waals surface area contributed by atoms with Crippen LogP contribution in [0.4, 0.5) is 5.95 Å². The van der Waals surface area contributed by atoms with Gasteiger partial charge in [0, 0.05) is 62.3 Å². The van der Waals surface area contributed by atoms with E-state index in [9.17, 15) is 4.79 Å².